The molecule has 0 spiro atoms. The van der Waals surface area contributed by atoms with E-state index in [1.807, 2.05) is 6.07 Å². The molecule has 0 atom stereocenters. The lowest BCUT2D eigenvalue weighted by Gasteiger charge is -2.26. The van der Waals surface area contributed by atoms with Gasteiger partial charge in [0.15, 0.2) is 0 Å². The standard InChI is InChI=1S/C60H41NO/c1-3-17-42(18-4-1)53-26-9-11-28-55(53)56-29-12-10-27-54(56)45-35-39-49(40-36-45)61(48-37-33-44(34-38-48)52-31-16-22-43-19-7-8-25-51(43)52)50-24-15-23-47(41-50)60-59(46-20-5-2-6-21-46)57-30-13-14-32-58(57)62-60/h1-41H. The summed E-state index contributed by atoms with van der Waals surface area (Å²) >= 11 is 0. The fourth-order valence-electron chi connectivity index (χ4n) is 8.99. The topological polar surface area (TPSA) is 16.4 Å². The van der Waals surface area contributed by atoms with E-state index in [0.717, 1.165) is 56.0 Å². The summed E-state index contributed by atoms with van der Waals surface area (Å²) < 4.78 is 6.72. The lowest BCUT2D eigenvalue weighted by atomic mass is 9.89. The molecule has 11 rings (SSSR count). The van der Waals surface area contributed by atoms with Crippen LogP contribution in [0.15, 0.2) is 253 Å². The summed E-state index contributed by atoms with van der Waals surface area (Å²) in [6, 6.07) is 88.8. The van der Waals surface area contributed by atoms with Gasteiger partial charge in [-0.1, -0.05) is 206 Å². The van der Waals surface area contributed by atoms with Gasteiger partial charge in [0.2, 0.25) is 0 Å². The highest BCUT2D eigenvalue weighted by molar-refractivity contribution is 6.02. The van der Waals surface area contributed by atoms with Crippen molar-refractivity contribution in [3.05, 3.63) is 249 Å². The summed E-state index contributed by atoms with van der Waals surface area (Å²) in [5.41, 5.74) is 16.8. The molecule has 0 saturated carbocycles. The minimum Gasteiger partial charge on any atom is -0.455 e. The van der Waals surface area contributed by atoms with Gasteiger partial charge in [-0.2, -0.15) is 0 Å². The third kappa shape index (κ3) is 6.84. The van der Waals surface area contributed by atoms with E-state index in [0.29, 0.717) is 0 Å². The van der Waals surface area contributed by atoms with Crippen LogP contribution in [0.3, 0.4) is 0 Å². The van der Waals surface area contributed by atoms with Crippen molar-refractivity contribution in [2.45, 2.75) is 0 Å². The number of hydrogen-bond acceptors (Lipinski definition) is 2. The first-order valence-corrected chi connectivity index (χ1v) is 21.2. The van der Waals surface area contributed by atoms with Crippen LogP contribution < -0.4 is 4.90 Å². The third-order valence-corrected chi connectivity index (χ3v) is 11.9. The number of benzene rings is 10. The fourth-order valence-corrected chi connectivity index (χ4v) is 8.99. The Kier molecular flexibility index (Phi) is 9.57. The minimum absolute atomic E-state index is 0.855. The van der Waals surface area contributed by atoms with Crippen molar-refractivity contribution in [1.82, 2.24) is 0 Å². The van der Waals surface area contributed by atoms with Crippen molar-refractivity contribution in [3.8, 4) is 67.0 Å². The molecule has 0 unspecified atom stereocenters. The van der Waals surface area contributed by atoms with Crippen LogP contribution in [-0.4, -0.2) is 0 Å². The lowest BCUT2D eigenvalue weighted by Crippen LogP contribution is -2.10. The fraction of sp³-hybridized carbons (Fsp3) is 0. The second-order valence-electron chi connectivity index (χ2n) is 15.6. The number of furan rings is 1. The minimum atomic E-state index is 0.855. The lowest BCUT2D eigenvalue weighted by molar-refractivity contribution is 0.632. The first kappa shape index (κ1) is 36.8. The van der Waals surface area contributed by atoms with Crippen molar-refractivity contribution >= 4 is 38.8 Å². The maximum Gasteiger partial charge on any atom is 0.143 e. The van der Waals surface area contributed by atoms with Crippen LogP contribution in [0.5, 0.6) is 0 Å². The van der Waals surface area contributed by atoms with E-state index in [1.165, 1.54) is 49.7 Å². The molecule has 10 aromatic carbocycles. The maximum atomic E-state index is 6.72. The highest BCUT2D eigenvalue weighted by atomic mass is 16.3. The van der Waals surface area contributed by atoms with Crippen LogP contribution in [0.4, 0.5) is 17.1 Å². The van der Waals surface area contributed by atoms with Gasteiger partial charge in [0.25, 0.3) is 0 Å². The zero-order chi connectivity index (χ0) is 41.2. The van der Waals surface area contributed by atoms with E-state index in [4.69, 9.17) is 4.42 Å². The Balaban J connectivity index is 1.03. The molecule has 0 aliphatic heterocycles. The molecule has 11 aromatic rings. The normalized spacial score (nSPS) is 11.2. The molecule has 2 nitrogen and oxygen atoms in total. The zero-order valence-corrected chi connectivity index (χ0v) is 34.0. The van der Waals surface area contributed by atoms with Gasteiger partial charge in [-0.05, 0) is 103 Å². The number of nitrogens with zero attached hydrogens (tertiary/aromatic N) is 1. The largest absolute Gasteiger partial charge is 0.455 e. The van der Waals surface area contributed by atoms with Gasteiger partial charge in [-0.15, -0.1) is 0 Å². The smallest absolute Gasteiger partial charge is 0.143 e. The second kappa shape index (κ2) is 16.1. The van der Waals surface area contributed by atoms with Crippen LogP contribution in [0, 0.1) is 0 Å². The number of anilines is 3. The molecule has 0 saturated heterocycles. The number of fused-ring (bicyclic) bond motifs is 2. The Morgan fingerprint density at radius 3 is 1.39 bits per heavy atom. The number of hydrogen-bond donors (Lipinski definition) is 0. The third-order valence-electron chi connectivity index (χ3n) is 11.9. The van der Waals surface area contributed by atoms with Gasteiger partial charge >= 0.3 is 0 Å². The Labute approximate surface area is 362 Å². The molecule has 1 heterocycles. The first-order valence-electron chi connectivity index (χ1n) is 21.2. The monoisotopic (exact) mass is 791 g/mol. The van der Waals surface area contributed by atoms with Crippen molar-refractivity contribution in [2.75, 3.05) is 4.90 Å². The average molecular weight is 792 g/mol. The molecule has 0 aliphatic carbocycles. The molecular formula is C60H41NO. The molecule has 0 radical (unpaired) electrons. The van der Waals surface area contributed by atoms with Gasteiger partial charge in [0, 0.05) is 33.6 Å². The first-order chi connectivity index (χ1) is 30.8. The predicted octanol–water partition coefficient (Wildman–Crippen LogP) is 17.1. The van der Waals surface area contributed by atoms with E-state index in [9.17, 15) is 0 Å². The van der Waals surface area contributed by atoms with Gasteiger partial charge in [-0.3, -0.25) is 0 Å². The Bertz CT molecular complexity index is 3320. The Morgan fingerprint density at radius 1 is 0.274 bits per heavy atom. The summed E-state index contributed by atoms with van der Waals surface area (Å²) in [5.74, 6) is 0.855. The van der Waals surface area contributed by atoms with E-state index >= 15 is 0 Å². The number of para-hydroxylation sites is 1. The second-order valence-corrected chi connectivity index (χ2v) is 15.6. The molecule has 0 amide bonds. The average Bonchev–Trinajstić information content (AvgIpc) is 3.75. The van der Waals surface area contributed by atoms with Crippen molar-refractivity contribution < 1.29 is 4.42 Å². The summed E-state index contributed by atoms with van der Waals surface area (Å²) in [6.45, 7) is 0. The van der Waals surface area contributed by atoms with Crippen LogP contribution in [0.1, 0.15) is 0 Å². The predicted molar refractivity (Wildman–Crippen MR) is 261 cm³/mol. The summed E-state index contributed by atoms with van der Waals surface area (Å²) in [7, 11) is 0. The van der Waals surface area contributed by atoms with Crippen molar-refractivity contribution in [1.29, 1.82) is 0 Å². The molecule has 2 heteroatoms. The molecule has 0 fully saturated rings. The highest BCUT2D eigenvalue weighted by Gasteiger charge is 2.21. The quantitative estimate of drug-likeness (QED) is 0.145. The van der Waals surface area contributed by atoms with E-state index < -0.39 is 0 Å². The Hall–Kier alpha value is -8.20. The van der Waals surface area contributed by atoms with Gasteiger partial charge in [0.1, 0.15) is 11.3 Å². The number of rotatable bonds is 9. The SMILES string of the molecule is c1ccc(-c2ccccc2-c2ccccc2-c2ccc(N(c3ccc(-c4cccc5ccccc45)cc3)c3cccc(-c4oc5ccccc5c4-c4ccccc4)c3)cc2)cc1. The molecule has 1 aromatic heterocycles. The van der Waals surface area contributed by atoms with Crippen molar-refractivity contribution in [2.24, 2.45) is 0 Å². The molecule has 0 aliphatic rings. The van der Waals surface area contributed by atoms with Crippen LogP contribution in [0.2, 0.25) is 0 Å². The summed E-state index contributed by atoms with van der Waals surface area (Å²) in [5, 5.41) is 3.58. The molecule has 0 N–H and O–H groups in total. The maximum absolute atomic E-state index is 6.72. The van der Waals surface area contributed by atoms with Crippen molar-refractivity contribution in [3.63, 3.8) is 0 Å². The van der Waals surface area contributed by atoms with E-state index in [-0.39, 0.29) is 0 Å². The Morgan fingerprint density at radius 2 is 0.726 bits per heavy atom. The van der Waals surface area contributed by atoms with Crippen LogP contribution >= 0.6 is 0 Å². The van der Waals surface area contributed by atoms with Gasteiger partial charge < -0.3 is 9.32 Å². The molecule has 0 bridgehead atoms. The van der Waals surface area contributed by atoms with Crippen LogP contribution in [-0.2, 0) is 0 Å². The molecular weight excluding hydrogens is 751 g/mol. The van der Waals surface area contributed by atoms with E-state index in [1.54, 1.807) is 0 Å². The highest BCUT2D eigenvalue weighted by Crippen LogP contribution is 2.45. The summed E-state index contributed by atoms with van der Waals surface area (Å²) in [4.78, 5) is 2.35. The van der Waals surface area contributed by atoms with Gasteiger partial charge in [-0.25, -0.2) is 0 Å². The molecule has 62 heavy (non-hydrogen) atoms. The zero-order valence-electron chi connectivity index (χ0n) is 34.0. The summed E-state index contributed by atoms with van der Waals surface area (Å²) in [6.07, 6.45) is 0. The van der Waals surface area contributed by atoms with Gasteiger partial charge in [0.05, 0.1) is 0 Å². The van der Waals surface area contributed by atoms with E-state index in [2.05, 4.69) is 248 Å². The molecule has 292 valence electrons. The van der Waals surface area contributed by atoms with Crippen LogP contribution in [0.25, 0.3) is 88.7 Å².